The summed E-state index contributed by atoms with van der Waals surface area (Å²) in [4.78, 5) is 12.4. The number of hydrogen-bond acceptors (Lipinski definition) is 4. The molecule has 0 unspecified atom stereocenters. The Morgan fingerprint density at radius 1 is 1.60 bits per heavy atom. The Morgan fingerprint density at radius 2 is 2.27 bits per heavy atom. The van der Waals surface area contributed by atoms with E-state index in [1.807, 2.05) is 0 Å². The van der Waals surface area contributed by atoms with Gasteiger partial charge in [-0.15, -0.1) is 0 Å². The molecule has 7 nitrogen and oxygen atoms in total. The Morgan fingerprint density at radius 3 is 2.73 bits per heavy atom. The largest absolute Gasteiger partial charge is 0.348 e. The third-order valence-corrected chi connectivity index (χ3v) is 3.01. The summed E-state index contributed by atoms with van der Waals surface area (Å²) in [5.41, 5.74) is 0. The summed E-state index contributed by atoms with van der Waals surface area (Å²) in [6.07, 6.45) is 1.32. The van der Waals surface area contributed by atoms with Crippen LogP contribution in [0.4, 0.5) is 0 Å². The van der Waals surface area contributed by atoms with Gasteiger partial charge in [0.05, 0.1) is 12.7 Å². The average molecular weight is 232 g/mol. The number of carbonyl (C=O) groups is 1. The normalized spacial score (nSPS) is 11.3. The van der Waals surface area contributed by atoms with E-state index in [0.29, 0.717) is 0 Å². The molecule has 15 heavy (non-hydrogen) atoms. The minimum absolute atomic E-state index is 0.0611. The molecule has 1 heterocycles. The number of nitrogens with zero attached hydrogens (tertiary/aromatic N) is 2. The van der Waals surface area contributed by atoms with Crippen LogP contribution in [0.5, 0.6) is 0 Å². The Hall–Kier alpha value is -1.41. The number of aromatic amines is 1. The minimum atomic E-state index is -3.66. The Labute approximate surface area is 87.5 Å². The van der Waals surface area contributed by atoms with Crippen molar-refractivity contribution in [2.45, 2.75) is 5.03 Å². The van der Waals surface area contributed by atoms with Crippen molar-refractivity contribution in [1.82, 2.24) is 19.8 Å². The summed E-state index contributed by atoms with van der Waals surface area (Å²) >= 11 is 0. The number of rotatable bonds is 4. The predicted molar refractivity (Wildman–Crippen MR) is 52.5 cm³/mol. The summed E-state index contributed by atoms with van der Waals surface area (Å²) < 4.78 is 25.1. The van der Waals surface area contributed by atoms with Gasteiger partial charge >= 0.3 is 0 Å². The van der Waals surface area contributed by atoms with E-state index < -0.39 is 10.0 Å². The van der Waals surface area contributed by atoms with Crippen LogP contribution in [-0.4, -0.2) is 50.1 Å². The van der Waals surface area contributed by atoms with E-state index in [4.69, 9.17) is 0 Å². The number of amides is 1. The smallest absolute Gasteiger partial charge is 0.257 e. The second-order valence-corrected chi connectivity index (χ2v) is 4.77. The molecule has 0 aliphatic carbocycles. The predicted octanol–water partition coefficient (Wildman–Crippen LogP) is -1.22. The van der Waals surface area contributed by atoms with Gasteiger partial charge in [0.15, 0.2) is 5.03 Å². The first-order valence-electron chi connectivity index (χ1n) is 4.12. The fourth-order valence-electron chi connectivity index (χ4n) is 0.785. The number of aromatic nitrogens is 2. The molecule has 1 aromatic rings. The molecule has 0 aliphatic rings. The zero-order chi connectivity index (χ0) is 11.5. The highest BCUT2D eigenvalue weighted by atomic mass is 32.2. The van der Waals surface area contributed by atoms with Crippen LogP contribution in [0.3, 0.4) is 0 Å². The van der Waals surface area contributed by atoms with E-state index in [2.05, 4.69) is 14.9 Å². The van der Waals surface area contributed by atoms with E-state index in [9.17, 15) is 13.2 Å². The van der Waals surface area contributed by atoms with Gasteiger partial charge in [0.1, 0.15) is 0 Å². The summed E-state index contributed by atoms with van der Waals surface area (Å²) in [7, 11) is -0.564. The number of likely N-dealkylation sites (N-methyl/N-ethyl adjacent to an activating group) is 1. The van der Waals surface area contributed by atoms with Gasteiger partial charge in [0, 0.05) is 14.1 Å². The molecular weight excluding hydrogens is 220 g/mol. The van der Waals surface area contributed by atoms with Gasteiger partial charge in [-0.3, -0.25) is 9.89 Å². The molecule has 0 fully saturated rings. The molecule has 0 aliphatic heterocycles. The van der Waals surface area contributed by atoms with Crippen LogP contribution in [-0.2, 0) is 14.8 Å². The highest BCUT2D eigenvalue weighted by molar-refractivity contribution is 7.89. The maximum Gasteiger partial charge on any atom is 0.257 e. The lowest BCUT2D eigenvalue weighted by atomic mass is 10.6. The maximum atomic E-state index is 11.5. The van der Waals surface area contributed by atoms with Crippen molar-refractivity contribution in [1.29, 1.82) is 0 Å². The van der Waals surface area contributed by atoms with Gasteiger partial charge in [-0.05, 0) is 6.07 Å². The van der Waals surface area contributed by atoms with E-state index in [-0.39, 0.29) is 17.5 Å². The fraction of sp³-hybridized carbons (Fsp3) is 0.429. The lowest BCUT2D eigenvalue weighted by molar-refractivity contribution is -0.127. The van der Waals surface area contributed by atoms with Gasteiger partial charge in [0.2, 0.25) is 5.91 Å². The Balaban J connectivity index is 2.63. The van der Waals surface area contributed by atoms with Crippen molar-refractivity contribution in [2.75, 3.05) is 20.6 Å². The van der Waals surface area contributed by atoms with Crippen molar-refractivity contribution in [2.24, 2.45) is 0 Å². The van der Waals surface area contributed by atoms with E-state index in [0.717, 1.165) is 0 Å². The van der Waals surface area contributed by atoms with Gasteiger partial charge in [0.25, 0.3) is 10.0 Å². The standard InChI is InChI=1S/C7H12N4O3S/c1-11(2)7(12)5-9-15(13,14)6-3-4-8-10-6/h3-4,9H,5H2,1-2H3,(H,8,10). The molecular formula is C7H12N4O3S. The molecule has 0 bridgehead atoms. The van der Waals surface area contributed by atoms with Crippen molar-refractivity contribution in [3.05, 3.63) is 12.3 Å². The van der Waals surface area contributed by atoms with Crippen LogP contribution in [0.25, 0.3) is 0 Å². The SMILES string of the molecule is CN(C)C(=O)CNS(=O)(=O)c1ccn[nH]1. The zero-order valence-corrected chi connectivity index (χ0v) is 9.21. The van der Waals surface area contributed by atoms with Crippen LogP contribution >= 0.6 is 0 Å². The number of nitrogens with one attached hydrogen (secondary N) is 2. The van der Waals surface area contributed by atoms with Crippen molar-refractivity contribution in [3.8, 4) is 0 Å². The number of H-pyrrole nitrogens is 1. The van der Waals surface area contributed by atoms with Crippen molar-refractivity contribution < 1.29 is 13.2 Å². The van der Waals surface area contributed by atoms with Crippen LogP contribution < -0.4 is 4.72 Å². The van der Waals surface area contributed by atoms with Gasteiger partial charge in [-0.2, -0.15) is 5.10 Å². The molecule has 0 spiro atoms. The Bertz CT molecular complexity index is 423. The van der Waals surface area contributed by atoms with Crippen LogP contribution in [0.2, 0.25) is 0 Å². The highest BCUT2D eigenvalue weighted by Crippen LogP contribution is 2.01. The number of carbonyl (C=O) groups excluding carboxylic acids is 1. The van der Waals surface area contributed by atoms with Gasteiger partial charge < -0.3 is 4.90 Å². The molecule has 0 saturated carbocycles. The fourth-order valence-corrected chi connectivity index (χ4v) is 1.67. The summed E-state index contributed by atoms with van der Waals surface area (Å²) in [6.45, 7) is -0.269. The molecule has 84 valence electrons. The van der Waals surface area contributed by atoms with Gasteiger partial charge in [-0.25, -0.2) is 13.1 Å². The molecule has 0 saturated heterocycles. The lowest BCUT2D eigenvalue weighted by Crippen LogP contribution is -2.36. The number of sulfonamides is 1. The van der Waals surface area contributed by atoms with E-state index in [1.165, 1.54) is 17.2 Å². The third kappa shape index (κ3) is 3.03. The molecule has 2 N–H and O–H groups in total. The quantitative estimate of drug-likeness (QED) is 0.680. The van der Waals surface area contributed by atoms with Crippen LogP contribution in [0.1, 0.15) is 0 Å². The molecule has 1 aromatic heterocycles. The average Bonchev–Trinajstić information content (AvgIpc) is 2.67. The first-order chi connectivity index (χ1) is 6.93. The third-order valence-electron chi connectivity index (χ3n) is 1.68. The van der Waals surface area contributed by atoms with E-state index in [1.54, 1.807) is 14.1 Å². The molecule has 1 amide bonds. The van der Waals surface area contributed by atoms with Crippen molar-refractivity contribution in [3.63, 3.8) is 0 Å². The minimum Gasteiger partial charge on any atom is -0.348 e. The second-order valence-electron chi connectivity index (χ2n) is 3.03. The molecule has 0 atom stereocenters. The highest BCUT2D eigenvalue weighted by Gasteiger charge is 2.16. The summed E-state index contributed by atoms with van der Waals surface area (Å²) in [5, 5.41) is 5.76. The summed E-state index contributed by atoms with van der Waals surface area (Å²) in [6, 6.07) is 1.31. The lowest BCUT2D eigenvalue weighted by Gasteiger charge is -2.10. The molecule has 0 radical (unpaired) electrons. The van der Waals surface area contributed by atoms with E-state index >= 15 is 0 Å². The van der Waals surface area contributed by atoms with Crippen LogP contribution in [0, 0.1) is 0 Å². The Kier molecular flexibility index (Phi) is 3.43. The second kappa shape index (κ2) is 4.41. The molecule has 1 rings (SSSR count). The van der Waals surface area contributed by atoms with Crippen molar-refractivity contribution >= 4 is 15.9 Å². The first-order valence-corrected chi connectivity index (χ1v) is 5.61. The maximum absolute atomic E-state index is 11.5. The topological polar surface area (TPSA) is 95.2 Å². The van der Waals surface area contributed by atoms with Crippen LogP contribution in [0.15, 0.2) is 17.3 Å². The zero-order valence-electron chi connectivity index (χ0n) is 8.39. The van der Waals surface area contributed by atoms with Gasteiger partial charge in [-0.1, -0.05) is 0 Å². The molecule has 8 heteroatoms. The monoisotopic (exact) mass is 232 g/mol. The first kappa shape index (κ1) is 11.7. The molecule has 0 aromatic carbocycles. The summed E-state index contributed by atoms with van der Waals surface area (Å²) in [5.74, 6) is -0.321. The number of hydrogen-bond donors (Lipinski definition) is 2.